The molecule has 242 valence electrons. The maximum Gasteiger partial charge on any atom is 0.136 e. The summed E-state index contributed by atoms with van der Waals surface area (Å²) in [5.41, 5.74) is 13.8. The van der Waals surface area contributed by atoms with Crippen molar-refractivity contribution in [2.45, 2.75) is 5.41 Å². The van der Waals surface area contributed by atoms with Crippen LogP contribution in [0.15, 0.2) is 199 Å². The topological polar surface area (TPSA) is 13.1 Å². The first-order chi connectivity index (χ1) is 25.8. The van der Waals surface area contributed by atoms with E-state index in [1.807, 2.05) is 0 Å². The molecule has 10 aromatic rings. The van der Waals surface area contributed by atoms with E-state index in [2.05, 4.69) is 194 Å². The van der Waals surface area contributed by atoms with Crippen LogP contribution >= 0.6 is 0 Å². The average Bonchev–Trinajstić information content (AvgIpc) is 3.72. The Balaban J connectivity index is 1.28. The van der Waals surface area contributed by atoms with Crippen molar-refractivity contribution in [2.24, 2.45) is 0 Å². The molecule has 0 saturated heterocycles. The second-order valence-corrected chi connectivity index (χ2v) is 14.0. The minimum absolute atomic E-state index is 0.556. The summed E-state index contributed by atoms with van der Waals surface area (Å²) in [4.78, 5) is 0. The molecular formula is C51H32O. The van der Waals surface area contributed by atoms with Crippen LogP contribution in [0.4, 0.5) is 0 Å². The van der Waals surface area contributed by atoms with Gasteiger partial charge < -0.3 is 4.42 Å². The zero-order valence-corrected chi connectivity index (χ0v) is 28.4. The highest BCUT2D eigenvalue weighted by Crippen LogP contribution is 2.60. The smallest absolute Gasteiger partial charge is 0.136 e. The van der Waals surface area contributed by atoms with Crippen molar-refractivity contribution in [3.63, 3.8) is 0 Å². The van der Waals surface area contributed by atoms with Crippen LogP contribution in [-0.2, 0) is 5.41 Å². The van der Waals surface area contributed by atoms with Crippen molar-refractivity contribution in [3.05, 3.63) is 216 Å². The molecule has 1 aromatic heterocycles. The Morgan fingerprint density at radius 3 is 1.71 bits per heavy atom. The summed E-state index contributed by atoms with van der Waals surface area (Å²) in [6.07, 6.45) is 0. The number of fused-ring (bicyclic) bond motifs is 8. The molecule has 0 spiro atoms. The van der Waals surface area contributed by atoms with Gasteiger partial charge in [0.25, 0.3) is 0 Å². The van der Waals surface area contributed by atoms with Gasteiger partial charge in [0.15, 0.2) is 0 Å². The van der Waals surface area contributed by atoms with Gasteiger partial charge in [0, 0.05) is 10.8 Å². The molecule has 0 radical (unpaired) electrons. The van der Waals surface area contributed by atoms with Gasteiger partial charge >= 0.3 is 0 Å². The Morgan fingerprint density at radius 1 is 0.346 bits per heavy atom. The van der Waals surface area contributed by atoms with Crippen molar-refractivity contribution in [3.8, 4) is 33.4 Å². The van der Waals surface area contributed by atoms with E-state index in [1.54, 1.807) is 0 Å². The molecule has 0 bridgehead atoms. The van der Waals surface area contributed by atoms with Gasteiger partial charge in [-0.3, -0.25) is 0 Å². The second kappa shape index (κ2) is 11.2. The highest BCUT2D eigenvalue weighted by Gasteiger charge is 2.47. The van der Waals surface area contributed by atoms with E-state index >= 15 is 0 Å². The lowest BCUT2D eigenvalue weighted by Crippen LogP contribution is -2.28. The first kappa shape index (κ1) is 29.1. The molecule has 0 amide bonds. The third kappa shape index (κ3) is 4.05. The van der Waals surface area contributed by atoms with E-state index in [-0.39, 0.29) is 0 Å². The van der Waals surface area contributed by atoms with Crippen LogP contribution in [-0.4, -0.2) is 0 Å². The van der Waals surface area contributed by atoms with E-state index < -0.39 is 5.41 Å². The molecule has 0 saturated carbocycles. The molecular weight excluding hydrogens is 629 g/mol. The molecule has 9 aromatic carbocycles. The molecule has 0 fully saturated rings. The third-order valence-corrected chi connectivity index (χ3v) is 11.3. The van der Waals surface area contributed by atoms with E-state index in [4.69, 9.17) is 4.42 Å². The van der Waals surface area contributed by atoms with Crippen LogP contribution in [0, 0.1) is 0 Å². The van der Waals surface area contributed by atoms with Crippen LogP contribution in [0.5, 0.6) is 0 Å². The maximum atomic E-state index is 6.55. The summed E-state index contributed by atoms with van der Waals surface area (Å²) in [6.45, 7) is 0. The largest absolute Gasteiger partial charge is 0.456 e. The maximum absolute atomic E-state index is 6.55. The molecule has 0 N–H and O–H groups in total. The molecule has 0 unspecified atom stereocenters. The Labute approximate surface area is 302 Å². The zero-order valence-electron chi connectivity index (χ0n) is 28.4. The molecule has 0 atom stereocenters. The van der Waals surface area contributed by atoms with Crippen LogP contribution in [0.25, 0.3) is 76.9 Å². The van der Waals surface area contributed by atoms with E-state index in [1.165, 1.54) is 77.2 Å². The number of hydrogen-bond donors (Lipinski definition) is 0. The van der Waals surface area contributed by atoms with Crippen molar-refractivity contribution < 1.29 is 4.42 Å². The summed E-state index contributed by atoms with van der Waals surface area (Å²) in [5.74, 6) is 0. The molecule has 0 aliphatic heterocycles. The fourth-order valence-corrected chi connectivity index (χ4v) is 9.13. The van der Waals surface area contributed by atoms with Crippen molar-refractivity contribution >= 4 is 43.5 Å². The predicted molar refractivity (Wildman–Crippen MR) is 217 cm³/mol. The Kier molecular flexibility index (Phi) is 6.23. The van der Waals surface area contributed by atoms with Gasteiger partial charge in [0.05, 0.1) is 5.41 Å². The molecule has 1 aliphatic rings. The standard InChI is InChI=1S/C51H32O/c1-4-15-33(16-5-1)48-40-24-13-12-19-36(40)31-45-50(48)42-28-27-37(30-44(42)51(45,38-20-6-2-7-21-38)39-22-8-3-9-23-39)41-25-14-26-46-49(41)43-29-34-17-10-11-18-35(34)32-47(43)52-46/h1-32H. The lowest BCUT2D eigenvalue weighted by atomic mass is 9.67. The third-order valence-electron chi connectivity index (χ3n) is 11.3. The van der Waals surface area contributed by atoms with Gasteiger partial charge in [0.1, 0.15) is 11.2 Å². The van der Waals surface area contributed by atoms with E-state index in [9.17, 15) is 0 Å². The summed E-state index contributed by atoms with van der Waals surface area (Å²) in [7, 11) is 0. The minimum atomic E-state index is -0.556. The predicted octanol–water partition coefficient (Wildman–Crippen LogP) is 13.6. The first-order valence-electron chi connectivity index (χ1n) is 18.0. The van der Waals surface area contributed by atoms with Gasteiger partial charge in [-0.05, 0) is 108 Å². The molecule has 1 nitrogen and oxygen atoms in total. The van der Waals surface area contributed by atoms with Crippen LogP contribution in [0.2, 0.25) is 0 Å². The van der Waals surface area contributed by atoms with Gasteiger partial charge in [0.2, 0.25) is 0 Å². The summed E-state index contributed by atoms with van der Waals surface area (Å²) in [6, 6.07) is 71.2. The van der Waals surface area contributed by atoms with Crippen LogP contribution < -0.4 is 0 Å². The summed E-state index contributed by atoms with van der Waals surface area (Å²) in [5, 5.41) is 7.20. The highest BCUT2D eigenvalue weighted by molar-refractivity contribution is 6.16. The first-order valence-corrected chi connectivity index (χ1v) is 18.0. The number of furan rings is 1. The van der Waals surface area contributed by atoms with Gasteiger partial charge in [-0.1, -0.05) is 164 Å². The van der Waals surface area contributed by atoms with Crippen molar-refractivity contribution in [1.29, 1.82) is 0 Å². The SMILES string of the molecule is c1ccc(-c2c3c(cc4ccccc24)C(c2ccccc2)(c2ccccc2)c2cc(-c4cccc5oc6cc7ccccc7cc6c45)ccc2-3)cc1. The van der Waals surface area contributed by atoms with Crippen molar-refractivity contribution in [2.75, 3.05) is 0 Å². The number of benzene rings is 9. The fourth-order valence-electron chi connectivity index (χ4n) is 9.13. The molecule has 1 heterocycles. The zero-order chi connectivity index (χ0) is 34.2. The lowest BCUT2D eigenvalue weighted by molar-refractivity contribution is 0.669. The lowest BCUT2D eigenvalue weighted by Gasteiger charge is -2.34. The van der Waals surface area contributed by atoms with Crippen LogP contribution in [0.3, 0.4) is 0 Å². The van der Waals surface area contributed by atoms with Crippen LogP contribution in [0.1, 0.15) is 22.3 Å². The second-order valence-electron chi connectivity index (χ2n) is 14.0. The van der Waals surface area contributed by atoms with Gasteiger partial charge in [-0.25, -0.2) is 0 Å². The molecule has 1 heteroatoms. The van der Waals surface area contributed by atoms with Gasteiger partial charge in [-0.15, -0.1) is 0 Å². The quantitative estimate of drug-likeness (QED) is 0.183. The Hall–Kier alpha value is -6.70. The number of hydrogen-bond acceptors (Lipinski definition) is 1. The summed E-state index contributed by atoms with van der Waals surface area (Å²) < 4.78 is 6.55. The monoisotopic (exact) mass is 660 g/mol. The summed E-state index contributed by atoms with van der Waals surface area (Å²) >= 11 is 0. The minimum Gasteiger partial charge on any atom is -0.456 e. The average molecular weight is 661 g/mol. The Morgan fingerprint density at radius 2 is 0.981 bits per heavy atom. The van der Waals surface area contributed by atoms with Crippen molar-refractivity contribution in [1.82, 2.24) is 0 Å². The molecule has 11 rings (SSSR count). The molecule has 52 heavy (non-hydrogen) atoms. The normalized spacial score (nSPS) is 13.2. The highest BCUT2D eigenvalue weighted by atomic mass is 16.3. The number of rotatable bonds is 4. The Bertz CT molecular complexity index is 2950. The molecule has 1 aliphatic carbocycles. The van der Waals surface area contributed by atoms with Gasteiger partial charge in [-0.2, -0.15) is 0 Å². The van der Waals surface area contributed by atoms with E-state index in [0.717, 1.165) is 21.9 Å². The fraction of sp³-hybridized carbons (Fsp3) is 0.0196. The van der Waals surface area contributed by atoms with E-state index in [0.29, 0.717) is 0 Å².